The number of aryl methyl sites for hydroxylation is 1. The van der Waals surface area contributed by atoms with Gasteiger partial charge in [0.05, 0.1) is 40.2 Å². The number of hydrogen-bond donors (Lipinski definition) is 3. The van der Waals surface area contributed by atoms with Gasteiger partial charge >= 0.3 is 5.97 Å². The van der Waals surface area contributed by atoms with Crippen LogP contribution in [0.4, 0.5) is 5.69 Å². The van der Waals surface area contributed by atoms with Gasteiger partial charge in [0.15, 0.2) is 11.5 Å². The van der Waals surface area contributed by atoms with Crippen LogP contribution >= 0.6 is 23.5 Å². The van der Waals surface area contributed by atoms with Gasteiger partial charge in [-0.25, -0.2) is 4.79 Å². The second kappa shape index (κ2) is 17.2. The number of amides is 2. The molecule has 0 saturated heterocycles. The molecule has 11 nitrogen and oxygen atoms in total. The number of carbonyl (C=O) groups excluding carboxylic acids is 3. The fraction of sp³-hybridized carbons (Fsp3) is 0.500. The topological polar surface area (TPSA) is 141 Å². The molecule has 13 heteroatoms. The molecule has 246 valence electrons. The van der Waals surface area contributed by atoms with E-state index in [4.69, 9.17) is 18.9 Å². The molecule has 0 aromatic heterocycles. The van der Waals surface area contributed by atoms with E-state index in [1.54, 1.807) is 42.8 Å². The number of anilines is 1. The Bertz CT molecular complexity index is 1440. The van der Waals surface area contributed by atoms with Gasteiger partial charge in [-0.2, -0.15) is 23.5 Å². The zero-order valence-electron chi connectivity index (χ0n) is 26.9. The highest BCUT2D eigenvalue weighted by Crippen LogP contribution is 2.50. The van der Waals surface area contributed by atoms with Crippen molar-refractivity contribution >= 4 is 47.0 Å². The highest BCUT2D eigenvalue weighted by molar-refractivity contribution is 7.98. The van der Waals surface area contributed by atoms with Gasteiger partial charge in [0, 0.05) is 12.5 Å². The molecule has 0 spiro atoms. The van der Waals surface area contributed by atoms with Gasteiger partial charge < -0.3 is 34.9 Å². The molecule has 2 aromatic rings. The zero-order chi connectivity index (χ0) is 33.1. The summed E-state index contributed by atoms with van der Waals surface area (Å²) in [6.45, 7) is 1.44. The van der Waals surface area contributed by atoms with Crippen molar-refractivity contribution in [3.8, 4) is 28.4 Å². The number of carbonyl (C=O) groups is 3. The van der Waals surface area contributed by atoms with E-state index in [-0.39, 0.29) is 17.0 Å². The third kappa shape index (κ3) is 8.78. The fourth-order valence-corrected chi connectivity index (χ4v) is 6.36. The summed E-state index contributed by atoms with van der Waals surface area (Å²) in [5, 5.41) is 8.96. The number of hydrogen-bond acceptors (Lipinski definition) is 11. The number of rotatable bonds is 15. The van der Waals surface area contributed by atoms with Crippen molar-refractivity contribution in [2.24, 2.45) is 0 Å². The molecule has 0 saturated carbocycles. The van der Waals surface area contributed by atoms with Gasteiger partial charge in [-0.05, 0) is 84.6 Å². The van der Waals surface area contributed by atoms with Gasteiger partial charge in [-0.3, -0.25) is 14.4 Å². The molecule has 0 bridgehead atoms. The maximum absolute atomic E-state index is 13.8. The van der Waals surface area contributed by atoms with Crippen molar-refractivity contribution in [1.29, 1.82) is 0 Å². The first-order valence-electron chi connectivity index (χ1n) is 14.5. The number of methoxy groups -OCH3 is 4. The monoisotopic (exact) mass is 661 g/mol. The number of fused-ring (bicyclic) bond motifs is 3. The minimum atomic E-state index is -0.808. The lowest BCUT2D eigenvalue weighted by Crippen LogP contribution is -2.49. The van der Waals surface area contributed by atoms with Crippen LogP contribution < -0.4 is 35.6 Å². The molecule has 3 atom stereocenters. The molecule has 3 N–H and O–H groups in total. The molecule has 0 fully saturated rings. The Kier molecular flexibility index (Phi) is 13.7. The molecule has 0 heterocycles. The molecule has 2 amide bonds. The molecule has 3 unspecified atom stereocenters. The fourth-order valence-electron chi connectivity index (χ4n) is 5.42. The number of esters is 1. The summed E-state index contributed by atoms with van der Waals surface area (Å²) < 4.78 is 22.0. The molecule has 0 radical (unpaired) electrons. The maximum Gasteiger partial charge on any atom is 0.328 e. The molecular weight excluding hydrogens is 618 g/mol. The van der Waals surface area contributed by atoms with E-state index in [2.05, 4.69) is 16.0 Å². The third-order valence-electron chi connectivity index (χ3n) is 7.59. The van der Waals surface area contributed by atoms with Crippen LogP contribution in [0.1, 0.15) is 43.4 Å². The molecule has 3 rings (SSSR count). The van der Waals surface area contributed by atoms with Crippen LogP contribution in [0.15, 0.2) is 29.1 Å². The first kappa shape index (κ1) is 35.9. The SMILES string of the molecule is COC(=O)C(CCSC)NC(=O)C(CCSC)Nc1ccc2c(cc1=O)C(NC(C)=O)CCc1cc(OC)c(OC)c(OC)c1-2. The van der Waals surface area contributed by atoms with Crippen molar-refractivity contribution in [2.45, 2.75) is 50.7 Å². The average Bonchev–Trinajstić information content (AvgIpc) is 3.27. The first-order chi connectivity index (χ1) is 21.6. The first-order valence-corrected chi connectivity index (χ1v) is 17.3. The van der Waals surface area contributed by atoms with Gasteiger partial charge in [-0.15, -0.1) is 0 Å². The zero-order valence-corrected chi connectivity index (χ0v) is 28.5. The third-order valence-corrected chi connectivity index (χ3v) is 8.87. The summed E-state index contributed by atoms with van der Waals surface area (Å²) in [5.74, 6) is 1.49. The van der Waals surface area contributed by atoms with Gasteiger partial charge in [0.25, 0.3) is 0 Å². The summed E-state index contributed by atoms with van der Waals surface area (Å²) in [6.07, 6.45) is 5.76. The van der Waals surface area contributed by atoms with Crippen LogP contribution in [0.2, 0.25) is 0 Å². The Morgan fingerprint density at radius 3 is 2.18 bits per heavy atom. The number of ether oxygens (including phenoxy) is 4. The Hall–Kier alpha value is -3.58. The summed E-state index contributed by atoms with van der Waals surface area (Å²) in [6, 6.07) is 4.76. The van der Waals surface area contributed by atoms with Crippen molar-refractivity contribution < 1.29 is 33.3 Å². The van der Waals surface area contributed by atoms with Crippen molar-refractivity contribution in [3.63, 3.8) is 0 Å². The van der Waals surface area contributed by atoms with E-state index >= 15 is 0 Å². The summed E-state index contributed by atoms with van der Waals surface area (Å²) >= 11 is 3.13. The van der Waals surface area contributed by atoms with Gasteiger partial charge in [-0.1, -0.05) is 6.07 Å². The predicted molar refractivity (Wildman–Crippen MR) is 180 cm³/mol. The Labute approximate surface area is 272 Å². The lowest BCUT2D eigenvalue weighted by atomic mass is 9.95. The van der Waals surface area contributed by atoms with E-state index in [1.807, 2.05) is 18.6 Å². The average molecular weight is 662 g/mol. The largest absolute Gasteiger partial charge is 0.493 e. The van der Waals surface area contributed by atoms with Crippen LogP contribution in [0, 0.1) is 0 Å². The van der Waals surface area contributed by atoms with Gasteiger partial charge in [0.1, 0.15) is 12.1 Å². The van der Waals surface area contributed by atoms with Crippen LogP contribution in [0.3, 0.4) is 0 Å². The second-order valence-electron chi connectivity index (χ2n) is 10.4. The number of nitrogens with one attached hydrogen (secondary N) is 3. The summed E-state index contributed by atoms with van der Waals surface area (Å²) in [4.78, 5) is 52.0. The highest BCUT2D eigenvalue weighted by Gasteiger charge is 2.30. The van der Waals surface area contributed by atoms with E-state index in [9.17, 15) is 19.2 Å². The normalized spacial score (nSPS) is 14.9. The molecule has 45 heavy (non-hydrogen) atoms. The van der Waals surface area contributed by atoms with Gasteiger partial charge in [0.2, 0.25) is 23.0 Å². The Morgan fingerprint density at radius 2 is 1.60 bits per heavy atom. The molecule has 1 aliphatic carbocycles. The van der Waals surface area contributed by atoms with Crippen LogP contribution in [0.5, 0.6) is 17.2 Å². The van der Waals surface area contributed by atoms with E-state index < -0.39 is 30.0 Å². The van der Waals surface area contributed by atoms with E-state index in [0.29, 0.717) is 65.6 Å². The molecule has 2 aromatic carbocycles. The lowest BCUT2D eigenvalue weighted by Gasteiger charge is -2.22. The minimum absolute atomic E-state index is 0.200. The lowest BCUT2D eigenvalue weighted by molar-refractivity contribution is -0.145. The van der Waals surface area contributed by atoms with Crippen molar-refractivity contribution in [3.05, 3.63) is 45.6 Å². The predicted octanol–water partition coefficient (Wildman–Crippen LogP) is 3.81. The molecule has 0 aliphatic heterocycles. The summed E-state index contributed by atoms with van der Waals surface area (Å²) in [5.41, 5.74) is 2.76. The van der Waals surface area contributed by atoms with Crippen LogP contribution in [-0.2, 0) is 25.5 Å². The Morgan fingerprint density at radius 1 is 0.933 bits per heavy atom. The summed E-state index contributed by atoms with van der Waals surface area (Å²) in [7, 11) is 5.90. The number of thioether (sulfide) groups is 2. The van der Waals surface area contributed by atoms with Crippen molar-refractivity contribution in [1.82, 2.24) is 10.6 Å². The van der Waals surface area contributed by atoms with Crippen LogP contribution in [-0.4, -0.2) is 82.3 Å². The molecular formula is C32H43N3O8S2. The van der Waals surface area contributed by atoms with E-state index in [0.717, 1.165) is 11.1 Å². The quantitative estimate of drug-likeness (QED) is 0.240. The Balaban J connectivity index is 2.15. The molecule has 1 aliphatic rings. The maximum atomic E-state index is 13.8. The second-order valence-corrected chi connectivity index (χ2v) is 12.4. The van der Waals surface area contributed by atoms with Crippen LogP contribution in [0.25, 0.3) is 11.1 Å². The minimum Gasteiger partial charge on any atom is -0.493 e. The standard InChI is InChI=1S/C32H43N3O8S2/c1-18(36)33-22-10-8-19-16-27(40-2)29(41-3)30(42-4)28(19)20-9-11-23(26(37)17-21(20)22)34-24(12-14-44-6)31(38)35-25(13-15-45-7)32(39)43-5/h9,11,16-17,22,24-25H,8,10,12-15H2,1-7H3,(H,33,36)(H,34,37)(H,35,38). The smallest absolute Gasteiger partial charge is 0.328 e. The van der Waals surface area contributed by atoms with Crippen molar-refractivity contribution in [2.75, 3.05) is 57.8 Å². The highest BCUT2D eigenvalue weighted by atomic mass is 32.2. The number of benzene rings is 1. The van der Waals surface area contributed by atoms with E-state index in [1.165, 1.54) is 34.3 Å².